The third-order valence-corrected chi connectivity index (χ3v) is 7.06. The first-order valence-corrected chi connectivity index (χ1v) is 13.4. The Morgan fingerprint density at radius 3 is 2.07 bits per heavy atom. The third kappa shape index (κ3) is 4.87. The Labute approximate surface area is 171 Å². The summed E-state index contributed by atoms with van der Waals surface area (Å²) in [7, 11) is -6.63. The number of ether oxygens (including phenoxy) is 1. The summed E-state index contributed by atoms with van der Waals surface area (Å²) in [5, 5.41) is 0. The van der Waals surface area contributed by atoms with Gasteiger partial charge in [-0.15, -0.1) is 0 Å². The molecule has 0 aromatic heterocycles. The maximum Gasteiger partial charge on any atom is 0.193 e. The summed E-state index contributed by atoms with van der Waals surface area (Å²) in [6.07, 6.45) is 2.33. The van der Waals surface area contributed by atoms with E-state index in [0.29, 0.717) is 16.9 Å². The van der Waals surface area contributed by atoms with Crippen LogP contribution in [-0.4, -0.2) is 46.6 Å². The van der Waals surface area contributed by atoms with Crippen LogP contribution >= 0.6 is 0 Å². The van der Waals surface area contributed by atoms with Gasteiger partial charge in [0.2, 0.25) is 0 Å². The highest BCUT2D eigenvalue weighted by atomic mass is 32.2. The summed E-state index contributed by atoms with van der Waals surface area (Å²) in [5.41, 5.74) is -0.291. The maximum atomic E-state index is 13.7. The van der Waals surface area contributed by atoms with Gasteiger partial charge in [-0.1, -0.05) is 48.5 Å². The Bertz CT molecular complexity index is 1110. The van der Waals surface area contributed by atoms with E-state index in [9.17, 15) is 21.6 Å². The van der Waals surface area contributed by atoms with Crippen LogP contribution in [0.4, 0.5) is 0 Å². The molecule has 0 fully saturated rings. The summed E-state index contributed by atoms with van der Waals surface area (Å²) >= 11 is 0. The van der Waals surface area contributed by atoms with Gasteiger partial charge in [0.15, 0.2) is 11.4 Å². The van der Waals surface area contributed by atoms with Crippen molar-refractivity contribution in [1.29, 1.82) is 0 Å². The molecule has 2 unspecified atom stereocenters. The van der Waals surface area contributed by atoms with Crippen LogP contribution in [0.5, 0.6) is 5.75 Å². The molecule has 0 aliphatic carbocycles. The lowest BCUT2D eigenvalue weighted by molar-refractivity contribution is -0.139. The number of fused-ring (bicyclic) bond motifs is 1. The summed E-state index contributed by atoms with van der Waals surface area (Å²) in [5.74, 6) is -0.907. The van der Waals surface area contributed by atoms with Crippen LogP contribution in [0.15, 0.2) is 54.6 Å². The van der Waals surface area contributed by atoms with Gasteiger partial charge in [-0.25, -0.2) is 16.8 Å². The normalized spacial score (nSPS) is 22.0. The molecule has 1 aliphatic heterocycles. The lowest BCUT2D eigenvalue weighted by Crippen LogP contribution is -2.49. The number of hydrogen-bond acceptors (Lipinski definition) is 6. The van der Waals surface area contributed by atoms with E-state index in [0.717, 1.165) is 12.5 Å². The summed E-state index contributed by atoms with van der Waals surface area (Å²) in [6.45, 7) is 0. The Kier molecular flexibility index (Phi) is 5.87. The minimum atomic E-state index is -3.35. The fourth-order valence-electron chi connectivity index (χ4n) is 3.70. The molecule has 8 heteroatoms. The van der Waals surface area contributed by atoms with Crippen molar-refractivity contribution in [3.63, 3.8) is 0 Å². The number of para-hydroxylation sites is 1. The second-order valence-electron chi connectivity index (χ2n) is 7.55. The van der Waals surface area contributed by atoms with E-state index < -0.39 is 31.2 Å². The van der Waals surface area contributed by atoms with Gasteiger partial charge >= 0.3 is 0 Å². The largest absolute Gasteiger partial charge is 0.474 e. The van der Waals surface area contributed by atoms with Crippen molar-refractivity contribution in [1.82, 2.24) is 0 Å². The Morgan fingerprint density at radius 1 is 0.862 bits per heavy atom. The first-order chi connectivity index (χ1) is 13.5. The van der Waals surface area contributed by atoms with Crippen LogP contribution in [-0.2, 0) is 30.1 Å². The highest BCUT2D eigenvalue weighted by molar-refractivity contribution is 7.90. The quantitative estimate of drug-likeness (QED) is 0.662. The van der Waals surface area contributed by atoms with Crippen LogP contribution in [0.3, 0.4) is 0 Å². The second kappa shape index (κ2) is 7.91. The molecular weight excluding hydrogens is 412 g/mol. The molecule has 0 spiro atoms. The molecular formula is C21H24O6S2. The molecule has 2 aromatic carbocycles. The summed E-state index contributed by atoms with van der Waals surface area (Å²) in [6, 6.07) is 15.8. The molecule has 0 saturated heterocycles. The lowest BCUT2D eigenvalue weighted by Gasteiger charge is -2.41. The molecule has 6 nitrogen and oxygen atoms in total. The maximum absolute atomic E-state index is 13.7. The van der Waals surface area contributed by atoms with Crippen molar-refractivity contribution < 1.29 is 26.4 Å². The zero-order chi connectivity index (χ0) is 21.3. The van der Waals surface area contributed by atoms with Crippen molar-refractivity contribution in [2.24, 2.45) is 0 Å². The van der Waals surface area contributed by atoms with E-state index in [-0.39, 0.29) is 30.1 Å². The molecule has 29 heavy (non-hydrogen) atoms. The van der Waals surface area contributed by atoms with Crippen LogP contribution < -0.4 is 4.74 Å². The van der Waals surface area contributed by atoms with E-state index >= 15 is 0 Å². The van der Waals surface area contributed by atoms with E-state index in [1.165, 1.54) is 0 Å². The average Bonchev–Trinajstić information content (AvgIpc) is 2.65. The van der Waals surface area contributed by atoms with E-state index in [1.54, 1.807) is 54.6 Å². The minimum Gasteiger partial charge on any atom is -0.474 e. The summed E-state index contributed by atoms with van der Waals surface area (Å²) < 4.78 is 53.5. The lowest BCUT2D eigenvalue weighted by atomic mass is 9.75. The highest BCUT2D eigenvalue weighted by Crippen LogP contribution is 2.46. The van der Waals surface area contributed by atoms with Crippen LogP contribution in [0.2, 0.25) is 0 Å². The predicted molar refractivity (Wildman–Crippen MR) is 112 cm³/mol. The second-order valence-corrected chi connectivity index (χ2v) is 12.1. The van der Waals surface area contributed by atoms with Gasteiger partial charge in [0.1, 0.15) is 25.4 Å². The number of Topliss-reactive ketones (excluding diaryl/α,β-unsaturated/α-hetero) is 1. The number of rotatable bonds is 7. The number of ketones is 1. The third-order valence-electron chi connectivity index (χ3n) is 5.14. The predicted octanol–water partition coefficient (Wildman–Crippen LogP) is 2.50. The SMILES string of the molecule is CS(=O)(=O)CCC1C(=O)C(CCS(C)(=O)=O)(c2ccccc2)Oc2ccccc21. The van der Waals surface area contributed by atoms with Gasteiger partial charge in [-0.3, -0.25) is 4.79 Å². The van der Waals surface area contributed by atoms with E-state index in [4.69, 9.17) is 4.74 Å². The van der Waals surface area contributed by atoms with Gasteiger partial charge < -0.3 is 4.74 Å². The molecule has 1 aliphatic rings. The fraction of sp³-hybridized carbons (Fsp3) is 0.381. The molecule has 2 aromatic rings. The van der Waals surface area contributed by atoms with Crippen LogP contribution in [0, 0.1) is 0 Å². The smallest absolute Gasteiger partial charge is 0.193 e. The van der Waals surface area contributed by atoms with E-state index in [2.05, 4.69) is 0 Å². The van der Waals surface area contributed by atoms with E-state index in [1.807, 2.05) is 0 Å². The van der Waals surface area contributed by atoms with Gasteiger partial charge in [-0.05, 0) is 12.5 Å². The van der Waals surface area contributed by atoms with Crippen molar-refractivity contribution >= 4 is 25.5 Å². The average molecular weight is 437 g/mol. The number of benzene rings is 2. The Hall–Kier alpha value is -2.19. The molecule has 0 radical (unpaired) electrons. The first kappa shape index (κ1) is 21.5. The number of sulfone groups is 2. The van der Waals surface area contributed by atoms with Crippen molar-refractivity contribution in [2.45, 2.75) is 24.4 Å². The molecule has 0 bridgehead atoms. The molecule has 156 valence electrons. The zero-order valence-electron chi connectivity index (χ0n) is 16.4. The molecule has 0 saturated carbocycles. The molecule has 1 heterocycles. The standard InChI is InChI=1S/C21H24O6S2/c1-28(23,24)14-12-18-17-10-6-7-11-19(17)27-21(20(18)22,13-15-29(2,25)26)16-8-4-3-5-9-16/h3-11,18H,12-15H2,1-2H3. The summed E-state index contributed by atoms with van der Waals surface area (Å²) in [4.78, 5) is 13.7. The van der Waals surface area contributed by atoms with Gasteiger partial charge in [0.05, 0.1) is 17.4 Å². The zero-order valence-corrected chi connectivity index (χ0v) is 18.0. The Balaban J connectivity index is 2.14. The first-order valence-electron chi connectivity index (χ1n) is 9.25. The minimum absolute atomic E-state index is 0.0433. The monoisotopic (exact) mass is 436 g/mol. The molecule has 2 atom stereocenters. The Morgan fingerprint density at radius 2 is 1.45 bits per heavy atom. The van der Waals surface area contributed by atoms with Gasteiger partial charge in [0.25, 0.3) is 0 Å². The fourth-order valence-corrected chi connectivity index (χ4v) is 5.02. The topological polar surface area (TPSA) is 94.6 Å². The number of carbonyl (C=O) groups is 1. The van der Waals surface area contributed by atoms with Crippen molar-refractivity contribution in [2.75, 3.05) is 24.0 Å². The molecule has 0 N–H and O–H groups in total. The molecule has 0 amide bonds. The van der Waals surface area contributed by atoms with Gasteiger partial charge in [-0.2, -0.15) is 0 Å². The van der Waals surface area contributed by atoms with Crippen LogP contribution in [0.25, 0.3) is 0 Å². The number of carbonyl (C=O) groups excluding carboxylic acids is 1. The van der Waals surface area contributed by atoms with Crippen LogP contribution in [0.1, 0.15) is 29.9 Å². The van der Waals surface area contributed by atoms with Gasteiger partial charge in [0, 0.05) is 30.1 Å². The highest BCUT2D eigenvalue weighted by Gasteiger charge is 2.50. The van der Waals surface area contributed by atoms with Crippen molar-refractivity contribution in [3.8, 4) is 5.75 Å². The number of hydrogen-bond donors (Lipinski definition) is 0. The van der Waals surface area contributed by atoms with Crippen molar-refractivity contribution in [3.05, 3.63) is 65.7 Å². The molecule has 3 rings (SSSR count).